The van der Waals surface area contributed by atoms with E-state index in [0.29, 0.717) is 0 Å². The average molecular weight is 231 g/mol. The van der Waals surface area contributed by atoms with Crippen molar-refractivity contribution in [2.75, 3.05) is 0 Å². The SMILES string of the molecule is [Al].[Al].[Al].[Al].[Al].[Mo]. The molecule has 0 aliphatic carbocycles. The smallest absolute Gasteiger partial charge is 0 e. The normalized spacial score (nSPS) is 0. The van der Waals surface area contributed by atoms with Crippen LogP contribution in [0.25, 0.3) is 0 Å². The van der Waals surface area contributed by atoms with Crippen molar-refractivity contribution in [2.45, 2.75) is 0 Å². The molecule has 0 aromatic rings. The predicted molar refractivity (Wildman–Crippen MR) is 28.8 cm³/mol. The molecule has 21 valence electrons. The van der Waals surface area contributed by atoms with Crippen molar-refractivity contribution in [2.24, 2.45) is 0 Å². The van der Waals surface area contributed by atoms with E-state index in [0.717, 1.165) is 0 Å². The molecule has 0 unspecified atom stereocenters. The van der Waals surface area contributed by atoms with Gasteiger partial charge in [-0.15, -0.1) is 0 Å². The molecule has 0 atom stereocenters. The van der Waals surface area contributed by atoms with Crippen LogP contribution in [0.4, 0.5) is 0 Å². The van der Waals surface area contributed by atoms with Gasteiger partial charge in [-0.25, -0.2) is 0 Å². The van der Waals surface area contributed by atoms with Crippen LogP contribution in [0.5, 0.6) is 0 Å². The fraction of sp³-hybridized carbons (Fsp3) is 0. The fourth-order valence-corrected chi connectivity index (χ4v) is 0. The third kappa shape index (κ3) is 26.4. The van der Waals surface area contributed by atoms with Gasteiger partial charge >= 0.3 is 0 Å². The maximum atomic E-state index is 0. The zero-order valence-corrected chi connectivity index (χ0v) is 11.1. The van der Waals surface area contributed by atoms with Crippen LogP contribution in [0.15, 0.2) is 0 Å². The van der Waals surface area contributed by atoms with E-state index in [1.54, 1.807) is 0 Å². The summed E-state index contributed by atoms with van der Waals surface area (Å²) < 4.78 is 0. The fourth-order valence-electron chi connectivity index (χ4n) is 0. The third-order valence-corrected chi connectivity index (χ3v) is 0. The van der Waals surface area contributed by atoms with Gasteiger partial charge in [0, 0.05) is 108 Å². The molecule has 6 heteroatoms. The molecule has 0 N–H and O–H groups in total. The molecule has 0 saturated carbocycles. The molecule has 0 fully saturated rings. The zero-order valence-electron chi connectivity index (χ0n) is 3.29. The van der Waals surface area contributed by atoms with Gasteiger partial charge in [-0.05, 0) is 0 Å². The van der Waals surface area contributed by atoms with E-state index in [1.165, 1.54) is 0 Å². The average Bonchev–Trinajstić information content (AvgIpc) is 0. The molecule has 15 radical (unpaired) electrons. The van der Waals surface area contributed by atoms with Crippen LogP contribution in [-0.4, -0.2) is 86.8 Å². The van der Waals surface area contributed by atoms with Crippen molar-refractivity contribution < 1.29 is 21.1 Å². The van der Waals surface area contributed by atoms with Crippen LogP contribution >= 0.6 is 0 Å². The molecule has 0 nitrogen and oxygen atoms in total. The van der Waals surface area contributed by atoms with E-state index in [9.17, 15) is 0 Å². The van der Waals surface area contributed by atoms with Crippen LogP contribution in [0.3, 0.4) is 0 Å². The Morgan fingerprint density at radius 1 is 0.333 bits per heavy atom. The minimum absolute atomic E-state index is 0. The molecule has 0 aliphatic heterocycles. The van der Waals surface area contributed by atoms with Gasteiger partial charge in [0.2, 0.25) is 0 Å². The van der Waals surface area contributed by atoms with Gasteiger partial charge < -0.3 is 0 Å². The van der Waals surface area contributed by atoms with Crippen LogP contribution in [-0.2, 0) is 21.1 Å². The standard InChI is InChI=1S/5Al.Mo. The van der Waals surface area contributed by atoms with E-state index >= 15 is 0 Å². The summed E-state index contributed by atoms with van der Waals surface area (Å²) in [7, 11) is 0. The van der Waals surface area contributed by atoms with Gasteiger partial charge in [0.1, 0.15) is 0 Å². The maximum Gasteiger partial charge on any atom is 0 e. The summed E-state index contributed by atoms with van der Waals surface area (Å²) in [5.74, 6) is 0. The summed E-state index contributed by atoms with van der Waals surface area (Å²) in [5, 5.41) is 0. The summed E-state index contributed by atoms with van der Waals surface area (Å²) in [5.41, 5.74) is 0. The van der Waals surface area contributed by atoms with Crippen LogP contribution in [0.2, 0.25) is 0 Å². The molecule has 0 aromatic heterocycles. The molecular formula is Al5Mo. The van der Waals surface area contributed by atoms with Gasteiger partial charge in [0.15, 0.2) is 0 Å². The van der Waals surface area contributed by atoms with Gasteiger partial charge in [-0.1, -0.05) is 0 Å². The second-order valence-corrected chi connectivity index (χ2v) is 0. The van der Waals surface area contributed by atoms with E-state index in [4.69, 9.17) is 0 Å². The molecule has 0 spiro atoms. The van der Waals surface area contributed by atoms with E-state index in [1.807, 2.05) is 0 Å². The summed E-state index contributed by atoms with van der Waals surface area (Å²) >= 11 is 0. The molecule has 0 amide bonds. The Bertz CT molecular complexity index is 3.90. The third-order valence-electron chi connectivity index (χ3n) is 0. The van der Waals surface area contributed by atoms with E-state index < -0.39 is 0 Å². The zero-order chi connectivity index (χ0) is 0. The topological polar surface area (TPSA) is 0 Å². The molecule has 6 heavy (non-hydrogen) atoms. The molecule has 0 rings (SSSR count). The number of hydrogen-bond acceptors (Lipinski definition) is 0. The van der Waals surface area contributed by atoms with Crippen molar-refractivity contribution in [3.8, 4) is 0 Å². The van der Waals surface area contributed by atoms with Gasteiger partial charge in [-0.2, -0.15) is 0 Å². The van der Waals surface area contributed by atoms with Crippen molar-refractivity contribution in [1.29, 1.82) is 0 Å². The van der Waals surface area contributed by atoms with E-state index in [2.05, 4.69) is 0 Å². The van der Waals surface area contributed by atoms with Crippen LogP contribution in [0.1, 0.15) is 0 Å². The van der Waals surface area contributed by atoms with Gasteiger partial charge in [-0.3, -0.25) is 0 Å². The Hall–Kier alpha value is 3.35. The van der Waals surface area contributed by atoms with Crippen molar-refractivity contribution in [1.82, 2.24) is 0 Å². The first-order valence-corrected chi connectivity index (χ1v) is 0. The summed E-state index contributed by atoms with van der Waals surface area (Å²) in [6.45, 7) is 0. The Morgan fingerprint density at radius 3 is 0.333 bits per heavy atom. The second kappa shape index (κ2) is 40.2. The van der Waals surface area contributed by atoms with Gasteiger partial charge in [0.05, 0.1) is 0 Å². The largest absolute Gasteiger partial charge is 0 e. The predicted octanol–water partition coefficient (Wildman–Crippen LogP) is -1.91. The molecule has 0 aliphatic rings. The molecule has 0 heterocycles. The first-order chi connectivity index (χ1) is 0. The first-order valence-electron chi connectivity index (χ1n) is 0. The Balaban J connectivity index is 0. The quantitative estimate of drug-likeness (QED) is 0.427. The minimum atomic E-state index is 0. The molecule has 0 bridgehead atoms. The van der Waals surface area contributed by atoms with Crippen LogP contribution in [0, 0.1) is 0 Å². The molecular weight excluding hydrogens is 231 g/mol. The number of hydrogen-bond donors (Lipinski definition) is 0. The van der Waals surface area contributed by atoms with Gasteiger partial charge in [0.25, 0.3) is 0 Å². The minimum Gasteiger partial charge on any atom is 0 e. The molecule has 0 aromatic carbocycles. The summed E-state index contributed by atoms with van der Waals surface area (Å²) in [4.78, 5) is 0. The summed E-state index contributed by atoms with van der Waals surface area (Å²) in [6, 6.07) is 0. The second-order valence-electron chi connectivity index (χ2n) is 0. The summed E-state index contributed by atoms with van der Waals surface area (Å²) in [6.07, 6.45) is 0. The monoisotopic (exact) mass is 233 g/mol. The van der Waals surface area contributed by atoms with Crippen molar-refractivity contribution in [3.63, 3.8) is 0 Å². The van der Waals surface area contributed by atoms with Crippen LogP contribution < -0.4 is 0 Å². The molecule has 0 saturated heterocycles. The van der Waals surface area contributed by atoms with Crippen molar-refractivity contribution >= 4 is 86.8 Å². The Kier molecular flexibility index (Phi) is 389. The number of rotatable bonds is 0. The van der Waals surface area contributed by atoms with E-state index in [-0.39, 0.29) is 108 Å². The Morgan fingerprint density at radius 2 is 0.333 bits per heavy atom. The maximum absolute atomic E-state index is 0. The Labute approximate surface area is 106 Å². The van der Waals surface area contributed by atoms with Crippen molar-refractivity contribution in [3.05, 3.63) is 0 Å². The first kappa shape index (κ1) is 58.1.